The Bertz CT molecular complexity index is 599. The molecule has 2 saturated heterocycles. The van der Waals surface area contributed by atoms with Gasteiger partial charge in [0, 0.05) is 24.5 Å². The van der Waals surface area contributed by atoms with Gasteiger partial charge in [0.1, 0.15) is 5.60 Å². The van der Waals surface area contributed by atoms with Crippen molar-refractivity contribution in [2.45, 2.75) is 64.6 Å². The number of H-pyrrole nitrogens is 1. The molecule has 2 fully saturated rings. The molecule has 0 saturated carbocycles. The van der Waals surface area contributed by atoms with E-state index in [2.05, 4.69) is 4.98 Å². The van der Waals surface area contributed by atoms with Crippen LogP contribution in [0.4, 0.5) is 0 Å². The van der Waals surface area contributed by atoms with Crippen LogP contribution in [0, 0.1) is 12.8 Å². The summed E-state index contributed by atoms with van der Waals surface area (Å²) in [5.74, 6) is -0.304. The van der Waals surface area contributed by atoms with E-state index in [1.54, 1.807) is 6.20 Å². The third-order valence-electron chi connectivity index (χ3n) is 4.66. The molecule has 5 heteroatoms. The average molecular weight is 304 g/mol. The van der Waals surface area contributed by atoms with Crippen molar-refractivity contribution in [3.05, 3.63) is 23.5 Å². The topological polar surface area (TPSA) is 62.4 Å². The monoisotopic (exact) mass is 304 g/mol. The number of fused-ring (bicyclic) bond motifs is 2. The fraction of sp³-hybridized carbons (Fsp3) is 0.647. The van der Waals surface area contributed by atoms with Gasteiger partial charge in [0.05, 0.1) is 11.5 Å². The maximum atomic E-state index is 12.8. The summed E-state index contributed by atoms with van der Waals surface area (Å²) < 4.78 is 5.53. The third-order valence-corrected chi connectivity index (χ3v) is 4.66. The van der Waals surface area contributed by atoms with E-state index >= 15 is 0 Å². The lowest BCUT2D eigenvalue weighted by atomic mass is 9.89. The molecule has 22 heavy (non-hydrogen) atoms. The van der Waals surface area contributed by atoms with Crippen LogP contribution in [-0.2, 0) is 9.53 Å². The first kappa shape index (κ1) is 15.1. The van der Waals surface area contributed by atoms with Crippen molar-refractivity contribution < 1.29 is 14.3 Å². The highest BCUT2D eigenvalue weighted by molar-refractivity contribution is 5.97. The smallest absolute Gasteiger partial charge is 0.311 e. The predicted molar refractivity (Wildman–Crippen MR) is 82.5 cm³/mol. The van der Waals surface area contributed by atoms with Gasteiger partial charge in [-0.3, -0.25) is 9.59 Å². The molecule has 0 aliphatic carbocycles. The first-order valence-corrected chi connectivity index (χ1v) is 7.97. The molecule has 3 atom stereocenters. The molecule has 3 unspecified atom stereocenters. The molecule has 3 heterocycles. The van der Waals surface area contributed by atoms with Gasteiger partial charge in [-0.05, 0) is 52.5 Å². The molecule has 1 aromatic rings. The molecule has 0 aromatic carbocycles. The zero-order chi connectivity index (χ0) is 16.1. The Morgan fingerprint density at radius 2 is 2.00 bits per heavy atom. The highest BCUT2D eigenvalue weighted by Crippen LogP contribution is 2.43. The molecule has 2 bridgehead atoms. The minimum absolute atomic E-state index is 0.0124. The number of esters is 1. The number of carbonyl (C=O) groups excluding carboxylic acids is 2. The molecule has 120 valence electrons. The molecule has 1 aromatic heterocycles. The van der Waals surface area contributed by atoms with Crippen molar-refractivity contribution in [3.63, 3.8) is 0 Å². The number of ether oxygens (including phenoxy) is 1. The summed E-state index contributed by atoms with van der Waals surface area (Å²) in [4.78, 5) is 30.1. The Morgan fingerprint density at radius 1 is 1.27 bits per heavy atom. The number of aromatic amines is 1. The summed E-state index contributed by atoms with van der Waals surface area (Å²) in [6.45, 7) is 7.56. The summed E-state index contributed by atoms with van der Waals surface area (Å²) in [7, 11) is 0. The fourth-order valence-electron chi connectivity index (χ4n) is 3.75. The predicted octanol–water partition coefficient (Wildman–Crippen LogP) is 2.66. The normalized spacial score (nSPS) is 27.3. The summed E-state index contributed by atoms with van der Waals surface area (Å²) >= 11 is 0. The van der Waals surface area contributed by atoms with Crippen LogP contribution in [-0.4, -0.2) is 39.4 Å². The minimum atomic E-state index is -0.481. The zero-order valence-corrected chi connectivity index (χ0v) is 13.7. The molecule has 0 spiro atoms. The van der Waals surface area contributed by atoms with Crippen LogP contribution < -0.4 is 0 Å². The van der Waals surface area contributed by atoms with Crippen molar-refractivity contribution >= 4 is 11.9 Å². The van der Waals surface area contributed by atoms with Gasteiger partial charge < -0.3 is 14.6 Å². The van der Waals surface area contributed by atoms with Crippen LogP contribution >= 0.6 is 0 Å². The quantitative estimate of drug-likeness (QED) is 0.854. The van der Waals surface area contributed by atoms with E-state index in [1.165, 1.54) is 0 Å². The minimum Gasteiger partial charge on any atom is -0.460 e. The number of nitrogens with zero attached hydrogens (tertiary/aromatic N) is 1. The number of rotatable bonds is 2. The molecular formula is C17H24N2O3. The second-order valence-electron chi connectivity index (χ2n) is 7.44. The maximum absolute atomic E-state index is 12.8. The lowest BCUT2D eigenvalue weighted by Gasteiger charge is -2.26. The lowest BCUT2D eigenvalue weighted by molar-refractivity contribution is -0.160. The largest absolute Gasteiger partial charge is 0.460 e. The van der Waals surface area contributed by atoms with Gasteiger partial charge in [0.2, 0.25) is 0 Å². The summed E-state index contributed by atoms with van der Waals surface area (Å²) in [5, 5.41) is 0. The van der Waals surface area contributed by atoms with Gasteiger partial charge >= 0.3 is 5.97 Å². The molecule has 5 nitrogen and oxygen atoms in total. The van der Waals surface area contributed by atoms with E-state index in [0.29, 0.717) is 5.56 Å². The summed E-state index contributed by atoms with van der Waals surface area (Å²) in [6, 6.07) is 0.158. The molecule has 0 radical (unpaired) electrons. The number of hydrogen-bond donors (Lipinski definition) is 1. The third kappa shape index (κ3) is 2.53. The van der Waals surface area contributed by atoms with Gasteiger partial charge in [0.15, 0.2) is 0 Å². The number of aromatic nitrogens is 1. The van der Waals surface area contributed by atoms with Crippen molar-refractivity contribution in [3.8, 4) is 0 Å². The lowest BCUT2D eigenvalue weighted by Crippen LogP contribution is -2.39. The summed E-state index contributed by atoms with van der Waals surface area (Å²) in [6.07, 6.45) is 6.19. The molecule has 2 aliphatic rings. The molecule has 1 N–H and O–H groups in total. The SMILES string of the molecule is Cc1c[nH]cc1C(=O)N1C2CCC1C(C(=O)OC(C)(C)C)C2. The zero-order valence-electron chi connectivity index (χ0n) is 13.7. The Hall–Kier alpha value is -1.78. The van der Waals surface area contributed by atoms with E-state index in [9.17, 15) is 9.59 Å². The van der Waals surface area contributed by atoms with Gasteiger partial charge in [0.25, 0.3) is 5.91 Å². The molecule has 2 aliphatic heterocycles. The van der Waals surface area contributed by atoms with Crippen LogP contribution in [0.1, 0.15) is 56.0 Å². The Morgan fingerprint density at radius 3 is 2.59 bits per heavy atom. The molecular weight excluding hydrogens is 280 g/mol. The van der Waals surface area contributed by atoms with Crippen LogP contribution in [0.15, 0.2) is 12.4 Å². The highest BCUT2D eigenvalue weighted by Gasteiger charge is 2.52. The van der Waals surface area contributed by atoms with Crippen molar-refractivity contribution in [1.82, 2.24) is 9.88 Å². The van der Waals surface area contributed by atoms with Gasteiger partial charge in [-0.2, -0.15) is 0 Å². The van der Waals surface area contributed by atoms with E-state index in [0.717, 1.165) is 24.8 Å². The maximum Gasteiger partial charge on any atom is 0.311 e. The van der Waals surface area contributed by atoms with Crippen LogP contribution in [0.5, 0.6) is 0 Å². The van der Waals surface area contributed by atoms with Crippen molar-refractivity contribution in [2.75, 3.05) is 0 Å². The van der Waals surface area contributed by atoms with Crippen LogP contribution in [0.2, 0.25) is 0 Å². The number of carbonyl (C=O) groups is 2. The number of amides is 1. The van der Waals surface area contributed by atoms with Crippen LogP contribution in [0.25, 0.3) is 0 Å². The molecule has 3 rings (SSSR count). The number of nitrogens with one attached hydrogen (secondary N) is 1. The first-order chi connectivity index (χ1) is 10.3. The van der Waals surface area contributed by atoms with Gasteiger partial charge in [-0.15, -0.1) is 0 Å². The fourth-order valence-corrected chi connectivity index (χ4v) is 3.75. The van der Waals surface area contributed by atoms with Crippen LogP contribution in [0.3, 0.4) is 0 Å². The average Bonchev–Trinajstić information content (AvgIpc) is 3.09. The van der Waals surface area contributed by atoms with Crippen molar-refractivity contribution in [1.29, 1.82) is 0 Å². The summed E-state index contributed by atoms with van der Waals surface area (Å²) in [5.41, 5.74) is 1.18. The van der Waals surface area contributed by atoms with E-state index in [-0.39, 0.29) is 29.9 Å². The molecule has 1 amide bonds. The highest BCUT2D eigenvalue weighted by atomic mass is 16.6. The van der Waals surface area contributed by atoms with E-state index in [1.807, 2.05) is 38.8 Å². The van der Waals surface area contributed by atoms with Gasteiger partial charge in [-0.1, -0.05) is 0 Å². The van der Waals surface area contributed by atoms with Crippen molar-refractivity contribution in [2.24, 2.45) is 5.92 Å². The van der Waals surface area contributed by atoms with Gasteiger partial charge in [-0.25, -0.2) is 0 Å². The second kappa shape index (κ2) is 5.14. The van der Waals surface area contributed by atoms with E-state index < -0.39 is 5.60 Å². The standard InChI is InChI=1S/C17H24N2O3/c1-10-8-18-9-13(10)15(20)19-11-5-6-14(19)12(7-11)16(21)22-17(2,3)4/h8-9,11-12,14,18H,5-7H2,1-4H3. The number of hydrogen-bond acceptors (Lipinski definition) is 3. The second-order valence-corrected chi connectivity index (χ2v) is 7.44. The Kier molecular flexibility index (Phi) is 3.54. The van der Waals surface area contributed by atoms with E-state index in [4.69, 9.17) is 4.74 Å². The number of aryl methyl sites for hydroxylation is 1. The first-order valence-electron chi connectivity index (χ1n) is 7.97. The Balaban J connectivity index is 1.78. The Labute approximate surface area is 131 Å².